The highest BCUT2D eigenvalue weighted by atomic mass is 16.3. The van der Waals surface area contributed by atoms with E-state index in [1.165, 1.54) is 0 Å². The number of rotatable bonds is 3. The summed E-state index contributed by atoms with van der Waals surface area (Å²) in [6.07, 6.45) is 0.874. The number of aldehydes is 1. The Hall–Kier alpha value is -2.81. The van der Waals surface area contributed by atoms with Gasteiger partial charge in [0.1, 0.15) is 5.75 Å². The minimum absolute atomic E-state index is 0.223. The van der Waals surface area contributed by atoms with Gasteiger partial charge in [-0.2, -0.15) is 0 Å². The van der Waals surface area contributed by atoms with Gasteiger partial charge in [-0.05, 0) is 42.8 Å². The zero-order valence-electron chi connectivity index (χ0n) is 11.7. The minimum atomic E-state index is 0.223. The summed E-state index contributed by atoms with van der Waals surface area (Å²) in [6, 6.07) is 18.8. The van der Waals surface area contributed by atoms with Crippen molar-refractivity contribution in [2.75, 3.05) is 0 Å². The van der Waals surface area contributed by atoms with Crippen molar-refractivity contribution in [2.24, 2.45) is 0 Å². The Morgan fingerprint density at radius 1 is 1.00 bits per heavy atom. The Balaban J connectivity index is 2.25. The summed E-state index contributed by atoms with van der Waals surface area (Å²) in [7, 11) is 0. The van der Waals surface area contributed by atoms with Crippen molar-refractivity contribution in [3.63, 3.8) is 0 Å². The van der Waals surface area contributed by atoms with Crippen LogP contribution in [0.15, 0.2) is 60.7 Å². The van der Waals surface area contributed by atoms with Crippen molar-refractivity contribution in [3.8, 4) is 22.7 Å². The van der Waals surface area contributed by atoms with Crippen molar-refractivity contribution in [1.29, 1.82) is 0 Å². The molecular weight excluding hydrogens is 262 g/mol. The number of phenolic OH excluding ortho intramolecular Hbond substituents is 1. The number of nitrogens with zero attached hydrogens (tertiary/aromatic N) is 1. The summed E-state index contributed by atoms with van der Waals surface area (Å²) in [5.74, 6) is 0.223. The molecule has 104 valence electrons. The molecule has 0 aliphatic carbocycles. The highest BCUT2D eigenvalue weighted by Gasteiger charge is 2.14. The number of hydrogen-bond acceptors (Lipinski definition) is 2. The first-order chi connectivity index (χ1) is 10.2. The van der Waals surface area contributed by atoms with E-state index in [1.807, 2.05) is 60.0 Å². The van der Waals surface area contributed by atoms with Crippen LogP contribution in [0.4, 0.5) is 0 Å². The van der Waals surface area contributed by atoms with Gasteiger partial charge in [-0.1, -0.05) is 30.3 Å². The molecule has 1 heterocycles. The summed E-state index contributed by atoms with van der Waals surface area (Å²) in [5.41, 5.74) is 4.47. The van der Waals surface area contributed by atoms with E-state index in [2.05, 4.69) is 0 Å². The third-order valence-corrected chi connectivity index (χ3v) is 3.59. The molecule has 1 aromatic heterocycles. The normalized spacial score (nSPS) is 10.5. The molecule has 0 bridgehead atoms. The van der Waals surface area contributed by atoms with Crippen molar-refractivity contribution in [3.05, 3.63) is 71.9 Å². The second-order valence-electron chi connectivity index (χ2n) is 4.91. The smallest absolute Gasteiger partial charge is 0.151 e. The number of carbonyl (C=O) groups is 1. The maximum Gasteiger partial charge on any atom is 0.151 e. The van der Waals surface area contributed by atoms with Gasteiger partial charge in [-0.25, -0.2) is 0 Å². The lowest BCUT2D eigenvalue weighted by Crippen LogP contribution is -1.99. The first-order valence-corrected chi connectivity index (χ1v) is 6.73. The van der Waals surface area contributed by atoms with Gasteiger partial charge in [-0.15, -0.1) is 0 Å². The molecule has 0 amide bonds. The maximum absolute atomic E-state index is 11.3. The van der Waals surface area contributed by atoms with Crippen LogP contribution >= 0.6 is 0 Å². The summed E-state index contributed by atoms with van der Waals surface area (Å²) in [4.78, 5) is 11.3. The molecule has 0 atom stereocenters. The van der Waals surface area contributed by atoms with E-state index >= 15 is 0 Å². The number of benzene rings is 2. The zero-order chi connectivity index (χ0) is 14.8. The van der Waals surface area contributed by atoms with Crippen molar-refractivity contribution in [2.45, 2.75) is 6.92 Å². The Kier molecular flexibility index (Phi) is 3.32. The Morgan fingerprint density at radius 2 is 1.67 bits per heavy atom. The quantitative estimate of drug-likeness (QED) is 0.736. The topological polar surface area (TPSA) is 42.2 Å². The van der Waals surface area contributed by atoms with Gasteiger partial charge < -0.3 is 9.67 Å². The van der Waals surface area contributed by atoms with Gasteiger partial charge in [0.25, 0.3) is 0 Å². The van der Waals surface area contributed by atoms with Gasteiger partial charge in [0.2, 0.25) is 0 Å². The number of carbonyl (C=O) groups excluding carboxylic acids is 1. The lowest BCUT2D eigenvalue weighted by molar-refractivity contribution is 0.112. The summed E-state index contributed by atoms with van der Waals surface area (Å²) in [5, 5.41) is 9.45. The lowest BCUT2D eigenvalue weighted by atomic mass is 10.1. The van der Waals surface area contributed by atoms with Gasteiger partial charge in [0, 0.05) is 16.9 Å². The number of hydrogen-bond donors (Lipinski definition) is 1. The van der Waals surface area contributed by atoms with Gasteiger partial charge in [0.15, 0.2) is 6.29 Å². The second kappa shape index (κ2) is 5.29. The second-order valence-corrected chi connectivity index (χ2v) is 4.91. The monoisotopic (exact) mass is 277 g/mol. The van der Waals surface area contributed by atoms with Crippen LogP contribution in [0.2, 0.25) is 0 Å². The third kappa shape index (κ3) is 2.34. The van der Waals surface area contributed by atoms with Crippen LogP contribution in [0.3, 0.4) is 0 Å². The molecule has 3 aromatic rings. The summed E-state index contributed by atoms with van der Waals surface area (Å²) >= 11 is 0. The van der Waals surface area contributed by atoms with E-state index in [0.29, 0.717) is 5.56 Å². The summed E-state index contributed by atoms with van der Waals surface area (Å²) < 4.78 is 2.03. The molecule has 0 unspecified atom stereocenters. The predicted octanol–water partition coefficient (Wildman–Crippen LogP) is 3.97. The van der Waals surface area contributed by atoms with E-state index in [4.69, 9.17) is 0 Å². The third-order valence-electron chi connectivity index (χ3n) is 3.59. The van der Waals surface area contributed by atoms with Crippen LogP contribution in [-0.4, -0.2) is 16.0 Å². The molecule has 0 aliphatic rings. The first kappa shape index (κ1) is 13.2. The fourth-order valence-corrected chi connectivity index (χ4v) is 2.50. The maximum atomic E-state index is 11.3. The highest BCUT2D eigenvalue weighted by Crippen LogP contribution is 2.29. The molecule has 0 radical (unpaired) electrons. The molecule has 0 saturated heterocycles. The van der Waals surface area contributed by atoms with Crippen molar-refractivity contribution >= 4 is 6.29 Å². The lowest BCUT2D eigenvalue weighted by Gasteiger charge is -2.12. The van der Waals surface area contributed by atoms with E-state index in [1.54, 1.807) is 12.1 Å². The Labute approximate surface area is 123 Å². The van der Waals surface area contributed by atoms with Gasteiger partial charge in [-0.3, -0.25) is 4.79 Å². The molecule has 0 spiro atoms. The standard InChI is InChI=1S/C18H15NO2/c1-13-15(12-20)11-18(14-5-3-2-4-6-14)19(13)16-7-9-17(21)10-8-16/h2-12,21H,1H3. The van der Waals surface area contributed by atoms with Crippen molar-refractivity contribution in [1.82, 2.24) is 4.57 Å². The van der Waals surface area contributed by atoms with Crippen LogP contribution < -0.4 is 0 Å². The molecule has 3 nitrogen and oxygen atoms in total. The predicted molar refractivity (Wildman–Crippen MR) is 83.0 cm³/mol. The first-order valence-electron chi connectivity index (χ1n) is 6.73. The average molecular weight is 277 g/mol. The molecule has 3 rings (SSSR count). The number of aromatic hydroxyl groups is 1. The van der Waals surface area contributed by atoms with Crippen LogP contribution in [-0.2, 0) is 0 Å². The molecular formula is C18H15NO2. The van der Waals surface area contributed by atoms with Gasteiger partial charge in [0.05, 0.1) is 5.69 Å². The molecule has 0 saturated carbocycles. The van der Waals surface area contributed by atoms with E-state index < -0.39 is 0 Å². The zero-order valence-corrected chi connectivity index (χ0v) is 11.7. The molecule has 0 fully saturated rings. The molecule has 3 heteroatoms. The number of phenols is 1. The van der Waals surface area contributed by atoms with Crippen LogP contribution in [0.25, 0.3) is 16.9 Å². The van der Waals surface area contributed by atoms with Crippen LogP contribution in [0.5, 0.6) is 5.75 Å². The van der Waals surface area contributed by atoms with E-state index in [0.717, 1.165) is 28.9 Å². The van der Waals surface area contributed by atoms with Crippen molar-refractivity contribution < 1.29 is 9.90 Å². The molecule has 0 aliphatic heterocycles. The largest absolute Gasteiger partial charge is 0.508 e. The molecule has 21 heavy (non-hydrogen) atoms. The Morgan fingerprint density at radius 3 is 2.29 bits per heavy atom. The fourth-order valence-electron chi connectivity index (χ4n) is 2.50. The molecule has 2 aromatic carbocycles. The number of aromatic nitrogens is 1. The summed E-state index contributed by atoms with van der Waals surface area (Å²) in [6.45, 7) is 1.92. The van der Waals surface area contributed by atoms with E-state index in [9.17, 15) is 9.90 Å². The average Bonchev–Trinajstić information content (AvgIpc) is 2.86. The minimum Gasteiger partial charge on any atom is -0.508 e. The molecule has 1 N–H and O–H groups in total. The fraction of sp³-hybridized carbons (Fsp3) is 0.0556. The highest BCUT2D eigenvalue weighted by molar-refractivity contribution is 5.82. The van der Waals surface area contributed by atoms with Gasteiger partial charge >= 0.3 is 0 Å². The SMILES string of the molecule is Cc1c(C=O)cc(-c2ccccc2)n1-c1ccc(O)cc1. The van der Waals surface area contributed by atoms with E-state index in [-0.39, 0.29) is 5.75 Å². The Bertz CT molecular complexity index is 771. The van der Waals surface area contributed by atoms with Crippen LogP contribution in [0.1, 0.15) is 16.1 Å². The van der Waals surface area contributed by atoms with Crippen LogP contribution in [0, 0.1) is 6.92 Å².